The van der Waals surface area contributed by atoms with Crippen molar-refractivity contribution < 1.29 is 14.3 Å². The fraction of sp³-hybridized carbons (Fsp3) is 0.316. The predicted molar refractivity (Wildman–Crippen MR) is 95.7 cm³/mol. The third kappa shape index (κ3) is 5.46. The third-order valence-corrected chi connectivity index (χ3v) is 3.87. The highest BCUT2D eigenvalue weighted by Crippen LogP contribution is 2.24. The molecule has 1 N–H and O–H groups in total. The number of amides is 1. The number of hydrogen-bond donors (Lipinski definition) is 1. The van der Waals surface area contributed by atoms with Crippen molar-refractivity contribution in [2.24, 2.45) is 0 Å². The number of benzene rings is 2. The minimum atomic E-state index is -0.106. The van der Waals surface area contributed by atoms with Crippen molar-refractivity contribution in [1.82, 2.24) is 5.32 Å². The van der Waals surface area contributed by atoms with Crippen molar-refractivity contribution in [1.29, 1.82) is 0 Å². The van der Waals surface area contributed by atoms with Gasteiger partial charge in [0.15, 0.2) is 0 Å². The molecule has 1 atom stereocenters. The highest BCUT2D eigenvalue weighted by Gasteiger charge is 2.13. The van der Waals surface area contributed by atoms with Crippen LogP contribution in [0.5, 0.6) is 11.5 Å². The van der Waals surface area contributed by atoms with Crippen LogP contribution in [0, 0.1) is 0 Å². The van der Waals surface area contributed by atoms with Crippen molar-refractivity contribution in [3.05, 3.63) is 59.1 Å². The smallest absolute Gasteiger partial charge is 0.220 e. The van der Waals surface area contributed by atoms with E-state index >= 15 is 0 Å². The predicted octanol–water partition coefficient (Wildman–Crippen LogP) is 4.39. The summed E-state index contributed by atoms with van der Waals surface area (Å²) in [6.45, 7) is 2.43. The maximum atomic E-state index is 12.1. The first-order chi connectivity index (χ1) is 11.6. The number of halogens is 1. The van der Waals surface area contributed by atoms with Gasteiger partial charge in [-0.3, -0.25) is 4.79 Å². The highest BCUT2D eigenvalue weighted by atomic mass is 35.5. The summed E-state index contributed by atoms with van der Waals surface area (Å²) < 4.78 is 10.9. The molecule has 0 aliphatic rings. The Morgan fingerprint density at radius 2 is 1.88 bits per heavy atom. The van der Waals surface area contributed by atoms with Gasteiger partial charge in [0.05, 0.1) is 19.8 Å². The molecule has 0 radical (unpaired) electrons. The SMILES string of the molecule is COc1ccccc1C(C)NC(=O)CCCOc1ccc(Cl)cc1. The van der Waals surface area contributed by atoms with E-state index in [4.69, 9.17) is 21.1 Å². The lowest BCUT2D eigenvalue weighted by Crippen LogP contribution is -2.27. The summed E-state index contributed by atoms with van der Waals surface area (Å²) in [7, 11) is 1.63. The third-order valence-electron chi connectivity index (χ3n) is 3.61. The van der Waals surface area contributed by atoms with Gasteiger partial charge in [0, 0.05) is 17.0 Å². The molecule has 0 aromatic heterocycles. The molecule has 0 spiro atoms. The van der Waals surface area contributed by atoms with E-state index in [1.54, 1.807) is 19.2 Å². The van der Waals surface area contributed by atoms with Crippen LogP contribution in [0.25, 0.3) is 0 Å². The number of rotatable bonds is 8. The second-order valence-corrected chi connectivity index (χ2v) is 5.87. The average molecular weight is 348 g/mol. The molecule has 2 aromatic carbocycles. The molecule has 24 heavy (non-hydrogen) atoms. The molecule has 1 unspecified atom stereocenters. The van der Waals surface area contributed by atoms with Crippen LogP contribution in [0.15, 0.2) is 48.5 Å². The van der Waals surface area contributed by atoms with Gasteiger partial charge in [-0.25, -0.2) is 0 Å². The summed E-state index contributed by atoms with van der Waals surface area (Å²) in [6.07, 6.45) is 1.06. The maximum absolute atomic E-state index is 12.1. The van der Waals surface area contributed by atoms with Crippen molar-refractivity contribution >= 4 is 17.5 Å². The van der Waals surface area contributed by atoms with E-state index in [1.807, 2.05) is 43.3 Å². The quantitative estimate of drug-likeness (QED) is 0.721. The number of para-hydroxylation sites is 1. The molecule has 128 valence electrons. The molecule has 0 aliphatic heterocycles. The van der Waals surface area contributed by atoms with E-state index in [1.165, 1.54) is 0 Å². The summed E-state index contributed by atoms with van der Waals surface area (Å²) >= 11 is 5.82. The number of hydrogen-bond acceptors (Lipinski definition) is 3. The minimum absolute atomic E-state index is 0.00638. The van der Waals surface area contributed by atoms with Crippen LogP contribution in [-0.4, -0.2) is 19.6 Å². The molecule has 0 heterocycles. The first-order valence-electron chi connectivity index (χ1n) is 7.91. The molecule has 5 heteroatoms. The number of carbonyl (C=O) groups is 1. The van der Waals surface area contributed by atoms with Crippen molar-refractivity contribution in [2.45, 2.75) is 25.8 Å². The lowest BCUT2D eigenvalue weighted by molar-refractivity contribution is -0.121. The van der Waals surface area contributed by atoms with Gasteiger partial charge < -0.3 is 14.8 Å². The minimum Gasteiger partial charge on any atom is -0.496 e. The molecule has 0 saturated heterocycles. The second-order valence-electron chi connectivity index (χ2n) is 5.44. The van der Waals surface area contributed by atoms with Crippen molar-refractivity contribution in [3.8, 4) is 11.5 Å². The van der Waals surface area contributed by atoms with E-state index < -0.39 is 0 Å². The Bertz CT molecular complexity index is 658. The average Bonchev–Trinajstić information content (AvgIpc) is 2.60. The first kappa shape index (κ1) is 18.1. The zero-order valence-electron chi connectivity index (χ0n) is 13.9. The number of methoxy groups -OCH3 is 1. The largest absolute Gasteiger partial charge is 0.496 e. The van der Waals surface area contributed by atoms with Gasteiger partial charge in [-0.1, -0.05) is 29.8 Å². The van der Waals surface area contributed by atoms with Crippen molar-refractivity contribution in [3.63, 3.8) is 0 Å². The van der Waals surface area contributed by atoms with Crippen LogP contribution >= 0.6 is 11.6 Å². The summed E-state index contributed by atoms with van der Waals surface area (Å²) in [5.74, 6) is 1.52. The molecule has 4 nitrogen and oxygen atoms in total. The van der Waals surface area contributed by atoms with Gasteiger partial charge in [-0.2, -0.15) is 0 Å². The Kier molecular flexibility index (Phi) is 6.94. The van der Waals surface area contributed by atoms with E-state index in [2.05, 4.69) is 5.32 Å². The second kappa shape index (κ2) is 9.18. The lowest BCUT2D eigenvalue weighted by Gasteiger charge is -2.17. The fourth-order valence-corrected chi connectivity index (χ4v) is 2.50. The van der Waals surface area contributed by atoms with Gasteiger partial charge in [-0.15, -0.1) is 0 Å². The van der Waals surface area contributed by atoms with E-state index in [-0.39, 0.29) is 11.9 Å². The molecule has 0 fully saturated rings. The Morgan fingerprint density at radius 1 is 1.17 bits per heavy atom. The number of ether oxygens (including phenoxy) is 2. The van der Waals surface area contributed by atoms with Crippen LogP contribution in [0.2, 0.25) is 5.02 Å². The van der Waals surface area contributed by atoms with E-state index in [0.29, 0.717) is 24.5 Å². The van der Waals surface area contributed by atoms with Gasteiger partial charge in [0.25, 0.3) is 0 Å². The Balaban J connectivity index is 1.73. The van der Waals surface area contributed by atoms with E-state index in [0.717, 1.165) is 17.1 Å². The molecule has 0 aliphatic carbocycles. The number of carbonyl (C=O) groups excluding carboxylic acids is 1. The lowest BCUT2D eigenvalue weighted by atomic mass is 10.1. The van der Waals surface area contributed by atoms with Crippen LogP contribution in [0.3, 0.4) is 0 Å². The van der Waals surface area contributed by atoms with Crippen LogP contribution in [-0.2, 0) is 4.79 Å². The standard InChI is InChI=1S/C19H22ClNO3/c1-14(17-6-3-4-7-18(17)23-2)21-19(22)8-5-13-24-16-11-9-15(20)10-12-16/h3-4,6-7,9-12,14H,5,8,13H2,1-2H3,(H,21,22). The first-order valence-corrected chi connectivity index (χ1v) is 8.28. The molecule has 2 rings (SSSR count). The topological polar surface area (TPSA) is 47.6 Å². The molecule has 2 aromatic rings. The zero-order valence-corrected chi connectivity index (χ0v) is 14.7. The fourth-order valence-electron chi connectivity index (χ4n) is 2.37. The Morgan fingerprint density at radius 3 is 2.58 bits per heavy atom. The van der Waals surface area contributed by atoms with E-state index in [9.17, 15) is 4.79 Å². The van der Waals surface area contributed by atoms with Crippen LogP contribution in [0.1, 0.15) is 31.4 Å². The monoisotopic (exact) mass is 347 g/mol. The van der Waals surface area contributed by atoms with Gasteiger partial charge >= 0.3 is 0 Å². The normalized spacial score (nSPS) is 11.6. The number of nitrogens with one attached hydrogen (secondary N) is 1. The Labute approximate surface area is 147 Å². The van der Waals surface area contributed by atoms with Gasteiger partial charge in [0.1, 0.15) is 11.5 Å². The molecular formula is C19H22ClNO3. The zero-order chi connectivity index (χ0) is 17.4. The summed E-state index contributed by atoms with van der Waals surface area (Å²) in [5.41, 5.74) is 0.964. The maximum Gasteiger partial charge on any atom is 0.220 e. The van der Waals surface area contributed by atoms with Crippen molar-refractivity contribution in [2.75, 3.05) is 13.7 Å². The molecule has 1 amide bonds. The highest BCUT2D eigenvalue weighted by molar-refractivity contribution is 6.30. The summed E-state index contributed by atoms with van der Waals surface area (Å²) in [4.78, 5) is 12.1. The van der Waals surface area contributed by atoms with Crippen LogP contribution < -0.4 is 14.8 Å². The van der Waals surface area contributed by atoms with Crippen LogP contribution in [0.4, 0.5) is 0 Å². The molecule has 0 saturated carbocycles. The molecular weight excluding hydrogens is 326 g/mol. The van der Waals surface area contributed by atoms with Gasteiger partial charge in [0.2, 0.25) is 5.91 Å². The summed E-state index contributed by atoms with van der Waals surface area (Å²) in [6, 6.07) is 14.7. The Hall–Kier alpha value is -2.20. The molecule has 0 bridgehead atoms. The van der Waals surface area contributed by atoms with Gasteiger partial charge in [-0.05, 0) is 43.7 Å². The summed E-state index contributed by atoms with van der Waals surface area (Å²) in [5, 5.41) is 3.66.